The second-order valence-electron chi connectivity index (χ2n) is 4.96. The molecular weight excluding hydrogens is 258 g/mol. The summed E-state index contributed by atoms with van der Waals surface area (Å²) in [4.78, 5) is 4.36. The maximum Gasteiger partial charge on any atom is 0.227 e. The Labute approximate surface area is 116 Å². The van der Waals surface area contributed by atoms with Crippen LogP contribution < -0.4 is 15.2 Å². The summed E-state index contributed by atoms with van der Waals surface area (Å²) < 4.78 is 16.7. The van der Waals surface area contributed by atoms with Crippen LogP contribution in [0.25, 0.3) is 0 Å². The predicted octanol–water partition coefficient (Wildman–Crippen LogP) is 1.72. The van der Waals surface area contributed by atoms with E-state index >= 15 is 0 Å². The van der Waals surface area contributed by atoms with Crippen molar-refractivity contribution >= 4 is 0 Å². The van der Waals surface area contributed by atoms with Crippen LogP contribution in [0.2, 0.25) is 0 Å². The molecule has 0 amide bonds. The standard InChI is InChI=1S/C14H17N3O3/c1-9(7-15)6-13-16-14(17-20-13)12-8-18-10-4-2-3-5-11(10)19-12/h2-5,9,12H,6-8,15H2,1H3. The van der Waals surface area contributed by atoms with Gasteiger partial charge in [0, 0.05) is 6.42 Å². The van der Waals surface area contributed by atoms with Gasteiger partial charge in [-0.15, -0.1) is 0 Å². The normalized spacial score (nSPS) is 18.8. The van der Waals surface area contributed by atoms with E-state index in [9.17, 15) is 0 Å². The highest BCUT2D eigenvalue weighted by Crippen LogP contribution is 2.35. The molecule has 6 nitrogen and oxygen atoms in total. The largest absolute Gasteiger partial charge is 0.485 e. The summed E-state index contributed by atoms with van der Waals surface area (Å²) in [6.45, 7) is 3.01. The number of ether oxygens (including phenoxy) is 2. The number of rotatable bonds is 4. The van der Waals surface area contributed by atoms with Crippen molar-refractivity contribution in [2.45, 2.75) is 19.4 Å². The maximum absolute atomic E-state index is 5.83. The van der Waals surface area contributed by atoms with Crippen molar-refractivity contribution in [3.63, 3.8) is 0 Å². The van der Waals surface area contributed by atoms with Gasteiger partial charge in [-0.1, -0.05) is 24.2 Å². The van der Waals surface area contributed by atoms with E-state index in [1.807, 2.05) is 31.2 Å². The molecule has 20 heavy (non-hydrogen) atoms. The maximum atomic E-state index is 5.83. The lowest BCUT2D eigenvalue weighted by atomic mass is 10.1. The number of para-hydroxylation sites is 2. The van der Waals surface area contributed by atoms with Crippen LogP contribution in [-0.2, 0) is 6.42 Å². The van der Waals surface area contributed by atoms with Gasteiger partial charge in [-0.3, -0.25) is 0 Å². The van der Waals surface area contributed by atoms with Gasteiger partial charge in [0.2, 0.25) is 11.7 Å². The number of fused-ring (bicyclic) bond motifs is 1. The van der Waals surface area contributed by atoms with Crippen LogP contribution in [0.5, 0.6) is 11.5 Å². The molecule has 2 N–H and O–H groups in total. The Bertz CT molecular complexity index is 585. The fourth-order valence-corrected chi connectivity index (χ4v) is 2.01. The smallest absolute Gasteiger partial charge is 0.227 e. The van der Waals surface area contributed by atoms with Gasteiger partial charge in [0.25, 0.3) is 0 Å². The minimum absolute atomic E-state index is 0.313. The van der Waals surface area contributed by atoms with Crippen molar-refractivity contribution in [1.29, 1.82) is 0 Å². The van der Waals surface area contributed by atoms with Gasteiger partial charge in [-0.2, -0.15) is 4.98 Å². The average molecular weight is 275 g/mol. The Balaban J connectivity index is 1.72. The number of benzene rings is 1. The molecule has 0 bridgehead atoms. The Morgan fingerprint density at radius 3 is 2.95 bits per heavy atom. The number of nitrogens with two attached hydrogens (primary N) is 1. The van der Waals surface area contributed by atoms with E-state index in [2.05, 4.69) is 10.1 Å². The fourth-order valence-electron chi connectivity index (χ4n) is 2.01. The lowest BCUT2D eigenvalue weighted by Gasteiger charge is -2.24. The molecule has 0 radical (unpaired) electrons. The second kappa shape index (κ2) is 5.50. The average Bonchev–Trinajstić information content (AvgIpc) is 2.95. The topological polar surface area (TPSA) is 83.4 Å². The van der Waals surface area contributed by atoms with Crippen molar-refractivity contribution in [3.8, 4) is 11.5 Å². The predicted molar refractivity (Wildman–Crippen MR) is 71.5 cm³/mol. The molecule has 2 unspecified atom stereocenters. The van der Waals surface area contributed by atoms with Crippen LogP contribution in [0.4, 0.5) is 0 Å². The summed E-state index contributed by atoms with van der Waals surface area (Å²) in [5.74, 6) is 2.85. The van der Waals surface area contributed by atoms with E-state index in [-0.39, 0.29) is 6.10 Å². The first-order valence-electron chi connectivity index (χ1n) is 6.67. The molecule has 106 valence electrons. The molecule has 0 fully saturated rings. The summed E-state index contributed by atoms with van der Waals surface area (Å²) >= 11 is 0. The molecule has 0 saturated heterocycles. The Kier molecular flexibility index (Phi) is 3.56. The van der Waals surface area contributed by atoms with Crippen LogP contribution in [0, 0.1) is 5.92 Å². The van der Waals surface area contributed by atoms with Gasteiger partial charge in [-0.25, -0.2) is 0 Å². The van der Waals surface area contributed by atoms with Crippen molar-refractivity contribution in [2.24, 2.45) is 11.7 Å². The lowest BCUT2D eigenvalue weighted by Crippen LogP contribution is -2.22. The van der Waals surface area contributed by atoms with Crippen LogP contribution in [0.1, 0.15) is 24.7 Å². The fraction of sp³-hybridized carbons (Fsp3) is 0.429. The summed E-state index contributed by atoms with van der Waals surface area (Å²) in [6.07, 6.45) is 0.337. The van der Waals surface area contributed by atoms with Crippen LogP contribution in [0.15, 0.2) is 28.8 Å². The van der Waals surface area contributed by atoms with Gasteiger partial charge in [0.15, 0.2) is 17.6 Å². The number of nitrogens with zero attached hydrogens (tertiary/aromatic N) is 2. The Morgan fingerprint density at radius 1 is 1.35 bits per heavy atom. The number of aromatic nitrogens is 2. The number of hydrogen-bond acceptors (Lipinski definition) is 6. The second-order valence-corrected chi connectivity index (χ2v) is 4.96. The van der Waals surface area contributed by atoms with E-state index < -0.39 is 0 Å². The number of hydrogen-bond donors (Lipinski definition) is 1. The molecule has 0 aliphatic carbocycles. The molecule has 2 atom stereocenters. The van der Waals surface area contributed by atoms with Gasteiger partial charge in [0.1, 0.15) is 6.61 Å². The zero-order chi connectivity index (χ0) is 13.9. The molecule has 3 rings (SSSR count). The first-order valence-corrected chi connectivity index (χ1v) is 6.67. The van der Waals surface area contributed by atoms with E-state index in [0.29, 0.717) is 43.0 Å². The third-order valence-electron chi connectivity index (χ3n) is 3.21. The SMILES string of the molecule is CC(CN)Cc1nc(C2COc3ccccc3O2)no1. The lowest BCUT2D eigenvalue weighted by molar-refractivity contribution is 0.0832. The molecule has 1 aliphatic heterocycles. The highest BCUT2D eigenvalue weighted by Gasteiger charge is 2.26. The van der Waals surface area contributed by atoms with Crippen molar-refractivity contribution in [2.75, 3.05) is 13.2 Å². The van der Waals surface area contributed by atoms with Crippen molar-refractivity contribution in [1.82, 2.24) is 10.1 Å². The van der Waals surface area contributed by atoms with E-state index in [1.54, 1.807) is 0 Å². The molecule has 0 spiro atoms. The molecule has 6 heteroatoms. The highest BCUT2D eigenvalue weighted by molar-refractivity contribution is 5.40. The third kappa shape index (κ3) is 2.60. The summed E-state index contributed by atoms with van der Waals surface area (Å²) in [6, 6.07) is 7.54. The quantitative estimate of drug-likeness (QED) is 0.914. The molecule has 0 saturated carbocycles. The van der Waals surface area contributed by atoms with Crippen LogP contribution >= 0.6 is 0 Å². The van der Waals surface area contributed by atoms with Gasteiger partial charge in [0.05, 0.1) is 0 Å². The van der Waals surface area contributed by atoms with Crippen molar-refractivity contribution < 1.29 is 14.0 Å². The highest BCUT2D eigenvalue weighted by atomic mass is 16.6. The third-order valence-corrected chi connectivity index (χ3v) is 3.21. The summed E-state index contributed by atoms with van der Waals surface area (Å²) in [5.41, 5.74) is 5.59. The molecule has 2 heterocycles. The van der Waals surface area contributed by atoms with Crippen LogP contribution in [-0.4, -0.2) is 23.3 Å². The molecular formula is C14H17N3O3. The Hall–Kier alpha value is -2.08. The van der Waals surface area contributed by atoms with E-state index in [1.165, 1.54) is 0 Å². The van der Waals surface area contributed by atoms with Crippen molar-refractivity contribution in [3.05, 3.63) is 36.0 Å². The van der Waals surface area contributed by atoms with E-state index in [0.717, 1.165) is 5.75 Å². The summed E-state index contributed by atoms with van der Waals surface area (Å²) in [7, 11) is 0. The minimum Gasteiger partial charge on any atom is -0.485 e. The molecule has 1 aliphatic rings. The zero-order valence-electron chi connectivity index (χ0n) is 11.3. The zero-order valence-corrected chi connectivity index (χ0v) is 11.3. The van der Waals surface area contributed by atoms with Gasteiger partial charge < -0.3 is 19.7 Å². The summed E-state index contributed by atoms with van der Waals surface area (Å²) in [5, 5.41) is 3.97. The van der Waals surface area contributed by atoms with Crippen LogP contribution in [0.3, 0.4) is 0 Å². The van der Waals surface area contributed by atoms with Gasteiger partial charge >= 0.3 is 0 Å². The first kappa shape index (κ1) is 12.9. The van der Waals surface area contributed by atoms with E-state index in [4.69, 9.17) is 19.7 Å². The first-order chi connectivity index (χ1) is 9.76. The minimum atomic E-state index is -0.337. The van der Waals surface area contributed by atoms with Gasteiger partial charge in [-0.05, 0) is 24.6 Å². The molecule has 2 aromatic rings. The monoisotopic (exact) mass is 275 g/mol. The molecule has 1 aromatic heterocycles. The molecule has 1 aromatic carbocycles. The Morgan fingerprint density at radius 2 is 2.15 bits per heavy atom.